The largest absolute Gasteiger partial charge is 0.323 e. The Kier molecular flexibility index (Phi) is 4.14. The number of rotatable bonds is 5. The van der Waals surface area contributed by atoms with Crippen LogP contribution in [0.15, 0.2) is 42.7 Å². The van der Waals surface area contributed by atoms with E-state index >= 15 is 0 Å². The molecule has 0 aliphatic carbocycles. The van der Waals surface area contributed by atoms with Gasteiger partial charge in [0.2, 0.25) is 0 Å². The highest BCUT2D eigenvalue weighted by atomic mass is 15.3. The van der Waals surface area contributed by atoms with Crippen molar-refractivity contribution in [2.75, 3.05) is 19.6 Å². The number of hydrogen-bond donors (Lipinski definition) is 1. The van der Waals surface area contributed by atoms with E-state index in [-0.39, 0.29) is 6.04 Å². The normalized spacial score (nSPS) is 17.4. The van der Waals surface area contributed by atoms with E-state index in [1.54, 1.807) is 0 Å². The van der Waals surface area contributed by atoms with Gasteiger partial charge in [0.1, 0.15) is 0 Å². The van der Waals surface area contributed by atoms with Gasteiger partial charge in [0.25, 0.3) is 0 Å². The predicted molar refractivity (Wildman–Crippen MR) is 80.4 cm³/mol. The smallest absolute Gasteiger partial charge is 0.0659 e. The van der Waals surface area contributed by atoms with Crippen LogP contribution < -0.4 is 5.73 Å². The lowest BCUT2D eigenvalue weighted by atomic mass is 10.1. The second kappa shape index (κ2) is 6.20. The zero-order valence-corrected chi connectivity index (χ0v) is 11.8. The Morgan fingerprint density at radius 3 is 2.65 bits per heavy atom. The standard InChI is InChI=1S/C16H22N4/c17-16(13-19-8-4-5-9-19)15-10-18-20(12-15)11-14-6-2-1-3-7-14/h1-3,6-7,10,12,16H,4-5,8-9,11,13,17H2. The van der Waals surface area contributed by atoms with E-state index in [0.29, 0.717) is 0 Å². The second-order valence-electron chi connectivity index (χ2n) is 5.57. The quantitative estimate of drug-likeness (QED) is 0.904. The van der Waals surface area contributed by atoms with Gasteiger partial charge in [-0.25, -0.2) is 0 Å². The minimum absolute atomic E-state index is 0.0672. The summed E-state index contributed by atoms with van der Waals surface area (Å²) in [6, 6.07) is 10.4. The molecule has 1 aromatic carbocycles. The SMILES string of the molecule is NC(CN1CCCC1)c1cnn(Cc2ccccc2)c1. The van der Waals surface area contributed by atoms with Crippen LogP contribution in [-0.2, 0) is 6.54 Å². The fraction of sp³-hybridized carbons (Fsp3) is 0.438. The van der Waals surface area contributed by atoms with Crippen molar-refractivity contribution in [3.05, 3.63) is 53.9 Å². The Bertz CT molecular complexity index is 528. The molecule has 20 heavy (non-hydrogen) atoms. The van der Waals surface area contributed by atoms with Crippen LogP contribution in [0, 0.1) is 0 Å². The second-order valence-corrected chi connectivity index (χ2v) is 5.57. The molecule has 2 N–H and O–H groups in total. The molecule has 0 radical (unpaired) electrons. The Morgan fingerprint density at radius 1 is 1.15 bits per heavy atom. The molecule has 2 aromatic rings. The molecule has 2 heterocycles. The van der Waals surface area contributed by atoms with Gasteiger partial charge in [-0.15, -0.1) is 0 Å². The van der Waals surface area contributed by atoms with Gasteiger partial charge in [0.05, 0.1) is 12.7 Å². The van der Waals surface area contributed by atoms with Gasteiger partial charge in [-0.2, -0.15) is 5.10 Å². The Labute approximate surface area is 120 Å². The van der Waals surface area contributed by atoms with Crippen LogP contribution in [0.2, 0.25) is 0 Å². The van der Waals surface area contributed by atoms with Gasteiger partial charge in [-0.1, -0.05) is 30.3 Å². The van der Waals surface area contributed by atoms with Crippen LogP contribution in [-0.4, -0.2) is 34.3 Å². The highest BCUT2D eigenvalue weighted by molar-refractivity contribution is 5.16. The number of aromatic nitrogens is 2. The lowest BCUT2D eigenvalue weighted by Gasteiger charge is -2.18. The van der Waals surface area contributed by atoms with E-state index in [4.69, 9.17) is 5.73 Å². The summed E-state index contributed by atoms with van der Waals surface area (Å²) in [6.45, 7) is 4.12. The van der Waals surface area contributed by atoms with E-state index in [1.807, 2.05) is 16.9 Å². The number of nitrogens with two attached hydrogens (primary N) is 1. The summed E-state index contributed by atoms with van der Waals surface area (Å²) in [5.41, 5.74) is 8.68. The molecule has 1 aliphatic heterocycles. The third kappa shape index (κ3) is 3.26. The molecular formula is C16H22N4. The molecular weight excluding hydrogens is 248 g/mol. The topological polar surface area (TPSA) is 47.1 Å². The van der Waals surface area contributed by atoms with Crippen LogP contribution in [0.5, 0.6) is 0 Å². The Balaban J connectivity index is 1.61. The van der Waals surface area contributed by atoms with E-state index in [9.17, 15) is 0 Å². The lowest BCUT2D eigenvalue weighted by molar-refractivity contribution is 0.316. The molecule has 1 aromatic heterocycles. The van der Waals surface area contributed by atoms with Crippen molar-refractivity contribution in [2.24, 2.45) is 5.73 Å². The van der Waals surface area contributed by atoms with Crippen LogP contribution in [0.1, 0.15) is 30.0 Å². The first-order valence-electron chi connectivity index (χ1n) is 7.35. The molecule has 1 aliphatic rings. The van der Waals surface area contributed by atoms with Crippen LogP contribution in [0.4, 0.5) is 0 Å². The van der Waals surface area contributed by atoms with E-state index in [1.165, 1.54) is 31.5 Å². The van der Waals surface area contributed by atoms with Crippen molar-refractivity contribution in [1.29, 1.82) is 0 Å². The summed E-state index contributed by atoms with van der Waals surface area (Å²) < 4.78 is 1.97. The summed E-state index contributed by atoms with van der Waals surface area (Å²) in [6.07, 6.45) is 6.59. The fourth-order valence-electron chi connectivity index (χ4n) is 2.78. The monoisotopic (exact) mass is 270 g/mol. The van der Waals surface area contributed by atoms with Crippen molar-refractivity contribution in [2.45, 2.75) is 25.4 Å². The average Bonchev–Trinajstić information content (AvgIpc) is 3.11. The summed E-state index contributed by atoms with van der Waals surface area (Å²) in [4.78, 5) is 2.44. The van der Waals surface area contributed by atoms with E-state index in [0.717, 1.165) is 18.7 Å². The average molecular weight is 270 g/mol. The Morgan fingerprint density at radius 2 is 1.90 bits per heavy atom. The third-order valence-electron chi connectivity index (χ3n) is 3.92. The molecule has 106 valence electrons. The Hall–Kier alpha value is -1.65. The first-order chi connectivity index (χ1) is 9.81. The number of nitrogens with zero attached hydrogens (tertiary/aromatic N) is 3. The predicted octanol–water partition coefficient (Wildman–Crippen LogP) is 2.03. The molecule has 1 saturated heterocycles. The molecule has 3 rings (SSSR count). The number of likely N-dealkylation sites (tertiary alicyclic amines) is 1. The first kappa shape index (κ1) is 13.3. The van der Waals surface area contributed by atoms with Gasteiger partial charge >= 0.3 is 0 Å². The highest BCUT2D eigenvalue weighted by Crippen LogP contribution is 2.15. The van der Waals surface area contributed by atoms with Crippen molar-refractivity contribution in [3.63, 3.8) is 0 Å². The summed E-state index contributed by atoms with van der Waals surface area (Å²) in [5, 5.41) is 4.43. The van der Waals surface area contributed by atoms with Crippen molar-refractivity contribution >= 4 is 0 Å². The van der Waals surface area contributed by atoms with Crippen LogP contribution in [0.3, 0.4) is 0 Å². The van der Waals surface area contributed by atoms with Crippen LogP contribution >= 0.6 is 0 Å². The van der Waals surface area contributed by atoms with Gasteiger partial charge in [0, 0.05) is 24.3 Å². The minimum Gasteiger partial charge on any atom is -0.323 e. The molecule has 0 amide bonds. The van der Waals surface area contributed by atoms with Gasteiger partial charge in [-0.3, -0.25) is 4.68 Å². The van der Waals surface area contributed by atoms with Gasteiger partial charge in [0.15, 0.2) is 0 Å². The first-order valence-corrected chi connectivity index (χ1v) is 7.35. The molecule has 1 fully saturated rings. The molecule has 0 bridgehead atoms. The molecule has 1 atom stereocenters. The summed E-state index contributed by atoms with van der Waals surface area (Å²) >= 11 is 0. The number of hydrogen-bond acceptors (Lipinski definition) is 3. The van der Waals surface area contributed by atoms with Crippen molar-refractivity contribution < 1.29 is 0 Å². The van der Waals surface area contributed by atoms with Crippen molar-refractivity contribution in [3.8, 4) is 0 Å². The molecule has 0 spiro atoms. The van der Waals surface area contributed by atoms with Crippen LogP contribution in [0.25, 0.3) is 0 Å². The minimum atomic E-state index is 0.0672. The summed E-state index contributed by atoms with van der Waals surface area (Å²) in [5.74, 6) is 0. The maximum Gasteiger partial charge on any atom is 0.0659 e. The van der Waals surface area contributed by atoms with E-state index < -0.39 is 0 Å². The van der Waals surface area contributed by atoms with E-state index in [2.05, 4.69) is 40.5 Å². The molecule has 0 saturated carbocycles. The van der Waals surface area contributed by atoms with Gasteiger partial charge < -0.3 is 10.6 Å². The highest BCUT2D eigenvalue weighted by Gasteiger charge is 2.17. The maximum atomic E-state index is 6.29. The zero-order valence-electron chi connectivity index (χ0n) is 11.8. The third-order valence-corrected chi connectivity index (χ3v) is 3.92. The van der Waals surface area contributed by atoms with Crippen molar-refractivity contribution in [1.82, 2.24) is 14.7 Å². The zero-order chi connectivity index (χ0) is 13.8. The number of benzene rings is 1. The molecule has 1 unspecified atom stereocenters. The van der Waals surface area contributed by atoms with Gasteiger partial charge in [-0.05, 0) is 31.5 Å². The lowest BCUT2D eigenvalue weighted by Crippen LogP contribution is -2.29. The summed E-state index contributed by atoms with van der Waals surface area (Å²) in [7, 11) is 0. The maximum absolute atomic E-state index is 6.29. The fourth-order valence-corrected chi connectivity index (χ4v) is 2.78. The molecule has 4 nitrogen and oxygen atoms in total. The molecule has 4 heteroatoms.